The SMILES string of the molecule is CC(C)[C@@H]1NC(=O)[C@]2(C[C@@H](CNC(=O)N(Cc3ccccc3)C[C@@H]3C[C@@]4(NC3=O)C(=O)N[C@@H](C(C)C)[C@H]4O)C(=O)N2)C1=O. The Hall–Kier alpha value is -4.00. The van der Waals surface area contributed by atoms with Gasteiger partial charge in [-0.15, -0.1) is 0 Å². The van der Waals surface area contributed by atoms with Gasteiger partial charge >= 0.3 is 6.03 Å². The van der Waals surface area contributed by atoms with Crippen molar-refractivity contribution >= 4 is 35.4 Å². The lowest BCUT2D eigenvalue weighted by Gasteiger charge is -2.28. The topological polar surface area (TPSA) is 186 Å². The molecule has 4 saturated heterocycles. The Morgan fingerprint density at radius 3 is 2.21 bits per heavy atom. The second-order valence-electron chi connectivity index (χ2n) is 13.0. The Morgan fingerprint density at radius 1 is 0.930 bits per heavy atom. The van der Waals surface area contributed by atoms with Crippen LogP contribution in [0.25, 0.3) is 0 Å². The number of hydrogen-bond acceptors (Lipinski definition) is 7. The van der Waals surface area contributed by atoms with Crippen LogP contribution >= 0.6 is 0 Å². The van der Waals surface area contributed by atoms with Gasteiger partial charge in [-0.1, -0.05) is 58.0 Å². The molecule has 13 nitrogen and oxygen atoms in total. The maximum Gasteiger partial charge on any atom is 0.317 e. The standard InChI is InChI=1S/C30H40N6O7/c1-15(2)20-22(37)29(26(41)32-20)10-18(24(39)34-29)12-31-28(43)36(13-17-8-6-5-7-9-17)14-19-11-30(35-25(19)40)23(38)21(16(3)4)33-27(30)42/h5-9,15-16,18-21,23,38H,10-14H2,1-4H3,(H,31,43)(H,32,41)(H,33,42)(H,34,39)(H,35,40)/t18-,19-,20-,21-,23+,29-,30-/m0/s1. The summed E-state index contributed by atoms with van der Waals surface area (Å²) >= 11 is 0. The molecule has 13 heteroatoms. The van der Waals surface area contributed by atoms with E-state index in [2.05, 4.69) is 26.6 Å². The number of hydrogen-bond donors (Lipinski definition) is 6. The first kappa shape index (κ1) is 30.5. The minimum Gasteiger partial charge on any atom is -0.388 e. The van der Waals surface area contributed by atoms with E-state index in [0.29, 0.717) is 0 Å². The third kappa shape index (κ3) is 5.23. The van der Waals surface area contributed by atoms with Crippen molar-refractivity contribution in [1.82, 2.24) is 31.5 Å². The molecule has 232 valence electrons. The molecule has 6 N–H and O–H groups in total. The van der Waals surface area contributed by atoms with Gasteiger partial charge in [-0.3, -0.25) is 24.0 Å². The van der Waals surface area contributed by atoms with Crippen molar-refractivity contribution in [2.75, 3.05) is 13.1 Å². The Kier molecular flexibility index (Phi) is 7.97. The lowest BCUT2D eigenvalue weighted by Crippen LogP contribution is -2.55. The van der Waals surface area contributed by atoms with Gasteiger partial charge in [0.2, 0.25) is 17.7 Å². The molecule has 5 rings (SSSR count). The smallest absolute Gasteiger partial charge is 0.317 e. The zero-order chi connectivity index (χ0) is 31.3. The van der Waals surface area contributed by atoms with Crippen LogP contribution in [0.5, 0.6) is 0 Å². The number of rotatable bonds is 8. The summed E-state index contributed by atoms with van der Waals surface area (Å²) in [6.07, 6.45) is -1.18. The number of carbonyl (C=O) groups excluding carboxylic acids is 6. The summed E-state index contributed by atoms with van der Waals surface area (Å²) in [4.78, 5) is 79.8. The normalized spacial score (nSPS) is 33.4. The minimum absolute atomic E-state index is 0.0163. The van der Waals surface area contributed by atoms with Gasteiger partial charge in [0, 0.05) is 26.1 Å². The van der Waals surface area contributed by atoms with E-state index in [1.54, 1.807) is 0 Å². The molecule has 4 aliphatic heterocycles. The van der Waals surface area contributed by atoms with E-state index in [1.165, 1.54) is 4.90 Å². The summed E-state index contributed by atoms with van der Waals surface area (Å²) in [5.41, 5.74) is -2.31. The van der Waals surface area contributed by atoms with Crippen LogP contribution in [0.1, 0.15) is 46.1 Å². The molecule has 4 fully saturated rings. The van der Waals surface area contributed by atoms with Gasteiger partial charge in [0.15, 0.2) is 11.3 Å². The Labute approximate surface area is 249 Å². The third-order valence-corrected chi connectivity index (χ3v) is 9.30. The fourth-order valence-corrected chi connectivity index (χ4v) is 6.77. The van der Waals surface area contributed by atoms with Crippen molar-refractivity contribution in [3.05, 3.63) is 35.9 Å². The van der Waals surface area contributed by atoms with E-state index in [4.69, 9.17) is 0 Å². The zero-order valence-corrected chi connectivity index (χ0v) is 24.8. The Bertz CT molecular complexity index is 1340. The largest absolute Gasteiger partial charge is 0.388 e. The molecule has 6 amide bonds. The van der Waals surface area contributed by atoms with Crippen molar-refractivity contribution in [2.45, 2.75) is 76.3 Å². The van der Waals surface area contributed by atoms with Crippen LogP contribution in [-0.4, -0.2) is 87.8 Å². The summed E-state index contributed by atoms with van der Waals surface area (Å²) in [7, 11) is 0. The summed E-state index contributed by atoms with van der Waals surface area (Å²) < 4.78 is 0. The van der Waals surface area contributed by atoms with Crippen molar-refractivity contribution < 1.29 is 33.9 Å². The fourth-order valence-electron chi connectivity index (χ4n) is 6.77. The van der Waals surface area contributed by atoms with Crippen LogP contribution < -0.4 is 26.6 Å². The van der Waals surface area contributed by atoms with Gasteiger partial charge in [0.25, 0.3) is 5.91 Å². The molecule has 7 atom stereocenters. The number of aliphatic hydroxyl groups is 1. The molecular weight excluding hydrogens is 556 g/mol. The fraction of sp³-hybridized carbons (Fsp3) is 0.600. The molecule has 4 aliphatic rings. The van der Waals surface area contributed by atoms with Crippen molar-refractivity contribution in [2.24, 2.45) is 23.7 Å². The summed E-state index contributed by atoms with van der Waals surface area (Å²) in [5, 5.41) is 24.6. The molecular formula is C30H40N6O7. The molecule has 1 aromatic rings. The van der Waals surface area contributed by atoms with Gasteiger partial charge in [0.05, 0.1) is 23.9 Å². The van der Waals surface area contributed by atoms with E-state index < -0.39 is 70.8 Å². The number of aliphatic hydroxyl groups excluding tert-OH is 1. The highest BCUT2D eigenvalue weighted by molar-refractivity contribution is 6.22. The van der Waals surface area contributed by atoms with Crippen molar-refractivity contribution in [1.29, 1.82) is 0 Å². The highest BCUT2D eigenvalue weighted by Crippen LogP contribution is 2.37. The van der Waals surface area contributed by atoms with Crippen molar-refractivity contribution in [3.63, 3.8) is 0 Å². The predicted octanol–water partition coefficient (Wildman–Crippen LogP) is -0.813. The summed E-state index contributed by atoms with van der Waals surface area (Å²) in [5.74, 6) is -4.07. The van der Waals surface area contributed by atoms with E-state index >= 15 is 0 Å². The van der Waals surface area contributed by atoms with Crippen LogP contribution in [0.2, 0.25) is 0 Å². The van der Waals surface area contributed by atoms with E-state index in [-0.39, 0.29) is 50.1 Å². The Morgan fingerprint density at radius 2 is 1.60 bits per heavy atom. The third-order valence-electron chi connectivity index (χ3n) is 9.30. The zero-order valence-electron chi connectivity index (χ0n) is 24.8. The van der Waals surface area contributed by atoms with E-state index in [1.807, 2.05) is 58.0 Å². The van der Waals surface area contributed by atoms with Crippen LogP contribution in [-0.2, 0) is 30.5 Å². The number of nitrogens with one attached hydrogen (secondary N) is 5. The number of Topliss-reactive ketones (excluding diaryl/α,β-unsaturated/α-hetero) is 1. The molecule has 2 spiro atoms. The molecule has 0 aromatic heterocycles. The minimum atomic E-state index is -1.64. The summed E-state index contributed by atoms with van der Waals surface area (Å²) in [6.45, 7) is 7.35. The van der Waals surface area contributed by atoms with Gasteiger partial charge in [-0.05, 0) is 23.8 Å². The molecule has 0 radical (unpaired) electrons. The number of urea groups is 1. The lowest BCUT2D eigenvalue weighted by molar-refractivity contribution is -0.133. The van der Waals surface area contributed by atoms with Crippen LogP contribution in [0.4, 0.5) is 4.79 Å². The number of carbonyl (C=O) groups is 6. The average Bonchev–Trinajstić information content (AvgIpc) is 3.63. The average molecular weight is 597 g/mol. The van der Waals surface area contributed by atoms with E-state index in [9.17, 15) is 33.9 Å². The first-order valence-corrected chi connectivity index (χ1v) is 14.8. The van der Waals surface area contributed by atoms with Gasteiger partial charge in [-0.25, -0.2) is 4.79 Å². The Balaban J connectivity index is 1.29. The first-order chi connectivity index (χ1) is 20.3. The maximum absolute atomic E-state index is 13.5. The van der Waals surface area contributed by atoms with Gasteiger partial charge in [-0.2, -0.15) is 0 Å². The second-order valence-corrected chi connectivity index (χ2v) is 13.0. The molecule has 0 aliphatic carbocycles. The molecule has 4 heterocycles. The van der Waals surface area contributed by atoms with Gasteiger partial charge < -0.3 is 36.6 Å². The molecule has 0 saturated carbocycles. The molecule has 1 aromatic carbocycles. The molecule has 43 heavy (non-hydrogen) atoms. The number of ketones is 1. The van der Waals surface area contributed by atoms with Crippen LogP contribution in [0.15, 0.2) is 30.3 Å². The second kappa shape index (κ2) is 11.3. The monoisotopic (exact) mass is 596 g/mol. The summed E-state index contributed by atoms with van der Waals surface area (Å²) in [6, 6.07) is 7.40. The van der Waals surface area contributed by atoms with Crippen LogP contribution in [0, 0.1) is 23.7 Å². The number of amides is 6. The maximum atomic E-state index is 13.5. The number of benzene rings is 1. The number of nitrogens with zero attached hydrogens (tertiary/aromatic N) is 1. The first-order valence-electron chi connectivity index (χ1n) is 14.8. The molecule has 0 unspecified atom stereocenters. The van der Waals surface area contributed by atoms with Crippen molar-refractivity contribution in [3.8, 4) is 0 Å². The quantitative estimate of drug-likeness (QED) is 0.212. The molecule has 0 bridgehead atoms. The van der Waals surface area contributed by atoms with Crippen LogP contribution in [0.3, 0.4) is 0 Å². The van der Waals surface area contributed by atoms with Gasteiger partial charge in [0.1, 0.15) is 11.6 Å². The highest BCUT2D eigenvalue weighted by Gasteiger charge is 2.62. The van der Waals surface area contributed by atoms with E-state index in [0.717, 1.165) is 5.56 Å². The highest BCUT2D eigenvalue weighted by atomic mass is 16.3. The predicted molar refractivity (Wildman–Crippen MR) is 153 cm³/mol. The lowest BCUT2D eigenvalue weighted by atomic mass is 9.84.